The highest BCUT2D eigenvalue weighted by atomic mass is 16.5. The van der Waals surface area contributed by atoms with Gasteiger partial charge >= 0.3 is 0 Å². The van der Waals surface area contributed by atoms with Gasteiger partial charge in [0.05, 0.1) is 20.8 Å². The third kappa shape index (κ3) is 6.80. The Labute approximate surface area is 140 Å². The summed E-state index contributed by atoms with van der Waals surface area (Å²) < 4.78 is 10.5. The van der Waals surface area contributed by atoms with Crippen LogP contribution >= 0.6 is 0 Å². The number of nitrogens with two attached hydrogens (primary N) is 1. The average Bonchev–Trinajstić information content (AvgIpc) is 2.49. The van der Waals surface area contributed by atoms with Crippen LogP contribution in [0.3, 0.4) is 0 Å². The van der Waals surface area contributed by atoms with Crippen molar-refractivity contribution in [3.63, 3.8) is 0 Å². The molecule has 3 N–H and O–H groups in total. The van der Waals surface area contributed by atoms with Crippen LogP contribution in [0.1, 0.15) is 39.7 Å². The van der Waals surface area contributed by atoms with Gasteiger partial charge in [-0.15, -0.1) is 0 Å². The van der Waals surface area contributed by atoms with Crippen molar-refractivity contribution in [2.75, 3.05) is 20.8 Å². The second-order valence-electron chi connectivity index (χ2n) is 7.01. The zero-order valence-corrected chi connectivity index (χ0v) is 15.3. The van der Waals surface area contributed by atoms with Crippen molar-refractivity contribution in [2.24, 2.45) is 22.1 Å². The fourth-order valence-corrected chi connectivity index (χ4v) is 2.72. The summed E-state index contributed by atoms with van der Waals surface area (Å²) in [6.45, 7) is 10.3. The van der Waals surface area contributed by atoms with Gasteiger partial charge < -0.3 is 20.5 Å². The van der Waals surface area contributed by atoms with Crippen molar-refractivity contribution < 1.29 is 9.47 Å². The van der Waals surface area contributed by atoms with Gasteiger partial charge in [0.1, 0.15) is 0 Å². The monoisotopic (exact) mass is 321 g/mol. The van der Waals surface area contributed by atoms with E-state index in [4.69, 9.17) is 15.2 Å². The van der Waals surface area contributed by atoms with Crippen molar-refractivity contribution >= 4 is 5.96 Å². The number of benzene rings is 1. The molecular weight excluding hydrogens is 290 g/mol. The molecule has 23 heavy (non-hydrogen) atoms. The lowest BCUT2D eigenvalue weighted by Gasteiger charge is -2.27. The highest BCUT2D eigenvalue weighted by Crippen LogP contribution is 2.27. The van der Waals surface area contributed by atoms with E-state index in [0.717, 1.165) is 18.5 Å². The maximum Gasteiger partial charge on any atom is 0.188 e. The van der Waals surface area contributed by atoms with Gasteiger partial charge in [-0.25, -0.2) is 4.99 Å². The van der Waals surface area contributed by atoms with E-state index >= 15 is 0 Å². The fraction of sp³-hybridized carbons (Fsp3) is 0.611. The number of ether oxygens (including phenoxy) is 2. The molecule has 130 valence electrons. The average molecular weight is 321 g/mol. The molecular formula is C18H31N3O2. The second kappa shape index (κ2) is 8.65. The van der Waals surface area contributed by atoms with Gasteiger partial charge in [0, 0.05) is 6.54 Å². The van der Waals surface area contributed by atoms with Crippen LogP contribution < -0.4 is 20.5 Å². The first kappa shape index (κ1) is 19.1. The van der Waals surface area contributed by atoms with Gasteiger partial charge in [-0.1, -0.05) is 33.8 Å². The molecule has 1 aromatic rings. The largest absolute Gasteiger partial charge is 0.493 e. The van der Waals surface area contributed by atoms with E-state index in [2.05, 4.69) is 38.0 Å². The van der Waals surface area contributed by atoms with Gasteiger partial charge in [-0.2, -0.15) is 0 Å². The number of hydrogen-bond donors (Lipinski definition) is 2. The number of rotatable bonds is 8. The zero-order valence-electron chi connectivity index (χ0n) is 15.3. The van der Waals surface area contributed by atoms with Crippen LogP contribution in [0.25, 0.3) is 0 Å². The molecule has 0 unspecified atom stereocenters. The Balaban J connectivity index is 2.60. The minimum absolute atomic E-state index is 0.192. The van der Waals surface area contributed by atoms with Gasteiger partial charge in [0.2, 0.25) is 0 Å². The molecule has 1 rings (SSSR count). The van der Waals surface area contributed by atoms with Crippen LogP contribution in [0.5, 0.6) is 11.5 Å². The van der Waals surface area contributed by atoms with Gasteiger partial charge in [0.15, 0.2) is 17.5 Å². The Kier molecular flexibility index (Phi) is 7.20. The number of guanidine groups is 1. The highest BCUT2D eigenvalue weighted by molar-refractivity contribution is 5.77. The fourth-order valence-electron chi connectivity index (χ4n) is 2.72. The molecule has 0 aliphatic heterocycles. The molecule has 0 fully saturated rings. The smallest absolute Gasteiger partial charge is 0.188 e. The molecule has 5 nitrogen and oxygen atoms in total. The molecule has 0 radical (unpaired) electrons. The first-order chi connectivity index (χ1) is 10.8. The van der Waals surface area contributed by atoms with E-state index in [1.54, 1.807) is 14.2 Å². The van der Waals surface area contributed by atoms with Crippen LogP contribution in [0.2, 0.25) is 0 Å². The quantitative estimate of drug-likeness (QED) is 0.570. The van der Waals surface area contributed by atoms with E-state index < -0.39 is 0 Å². The SMILES string of the molecule is COc1ccc(CN=C(N)NCC(C)(C)CC(C)C)cc1OC. The van der Waals surface area contributed by atoms with Gasteiger partial charge in [-0.05, 0) is 35.4 Å². The minimum Gasteiger partial charge on any atom is -0.493 e. The van der Waals surface area contributed by atoms with E-state index in [-0.39, 0.29) is 5.41 Å². The zero-order chi connectivity index (χ0) is 17.5. The summed E-state index contributed by atoms with van der Waals surface area (Å²) >= 11 is 0. The predicted octanol–water partition coefficient (Wildman–Crippen LogP) is 3.18. The summed E-state index contributed by atoms with van der Waals surface area (Å²) in [6, 6.07) is 5.75. The maximum absolute atomic E-state index is 5.97. The predicted molar refractivity (Wildman–Crippen MR) is 96.1 cm³/mol. The second-order valence-corrected chi connectivity index (χ2v) is 7.01. The standard InChI is InChI=1S/C18H31N3O2/c1-13(2)10-18(3,4)12-21-17(19)20-11-14-7-8-15(22-5)16(9-14)23-6/h7-9,13H,10-12H2,1-6H3,(H3,19,20,21). The van der Waals surface area contributed by atoms with E-state index in [0.29, 0.717) is 29.9 Å². The van der Waals surface area contributed by atoms with Gasteiger partial charge in [0.25, 0.3) is 0 Å². The molecule has 0 amide bonds. The van der Waals surface area contributed by atoms with E-state index in [1.165, 1.54) is 0 Å². The minimum atomic E-state index is 0.192. The third-order valence-corrected chi connectivity index (χ3v) is 3.59. The van der Waals surface area contributed by atoms with E-state index in [1.807, 2.05) is 18.2 Å². The van der Waals surface area contributed by atoms with Crippen LogP contribution in [-0.2, 0) is 6.54 Å². The Morgan fingerprint density at radius 3 is 2.43 bits per heavy atom. The molecule has 0 aliphatic carbocycles. The summed E-state index contributed by atoms with van der Waals surface area (Å²) in [5.41, 5.74) is 7.18. The maximum atomic E-state index is 5.97. The topological polar surface area (TPSA) is 68.9 Å². The Hall–Kier alpha value is -1.91. The van der Waals surface area contributed by atoms with E-state index in [9.17, 15) is 0 Å². The van der Waals surface area contributed by atoms with Crippen molar-refractivity contribution in [1.29, 1.82) is 0 Å². The lowest BCUT2D eigenvalue weighted by Crippen LogP contribution is -2.39. The number of nitrogens with one attached hydrogen (secondary N) is 1. The molecule has 0 heterocycles. The summed E-state index contributed by atoms with van der Waals surface area (Å²) in [5, 5.41) is 3.22. The molecule has 0 aromatic heterocycles. The van der Waals surface area contributed by atoms with Crippen LogP contribution in [0.15, 0.2) is 23.2 Å². The molecule has 0 aliphatic rings. The summed E-state index contributed by atoms with van der Waals surface area (Å²) in [5.74, 6) is 2.54. The summed E-state index contributed by atoms with van der Waals surface area (Å²) in [4.78, 5) is 4.39. The van der Waals surface area contributed by atoms with Crippen molar-refractivity contribution in [1.82, 2.24) is 5.32 Å². The Bertz CT molecular complexity index is 525. The van der Waals surface area contributed by atoms with Gasteiger partial charge in [-0.3, -0.25) is 0 Å². The van der Waals surface area contributed by atoms with Crippen LogP contribution in [0.4, 0.5) is 0 Å². The molecule has 1 aromatic carbocycles. The molecule has 0 saturated carbocycles. The first-order valence-corrected chi connectivity index (χ1v) is 8.02. The lowest BCUT2D eigenvalue weighted by atomic mass is 9.84. The molecule has 0 saturated heterocycles. The number of nitrogens with zero attached hydrogens (tertiary/aromatic N) is 1. The van der Waals surface area contributed by atoms with Crippen molar-refractivity contribution in [3.05, 3.63) is 23.8 Å². The molecule has 0 bridgehead atoms. The van der Waals surface area contributed by atoms with Crippen molar-refractivity contribution in [2.45, 2.75) is 40.7 Å². The molecule has 0 spiro atoms. The normalized spacial score (nSPS) is 12.4. The first-order valence-electron chi connectivity index (χ1n) is 8.02. The molecule has 0 atom stereocenters. The molecule has 5 heteroatoms. The third-order valence-electron chi connectivity index (χ3n) is 3.59. The van der Waals surface area contributed by atoms with Crippen molar-refractivity contribution in [3.8, 4) is 11.5 Å². The summed E-state index contributed by atoms with van der Waals surface area (Å²) in [6.07, 6.45) is 1.14. The number of hydrogen-bond acceptors (Lipinski definition) is 3. The lowest BCUT2D eigenvalue weighted by molar-refractivity contribution is 0.287. The number of methoxy groups -OCH3 is 2. The summed E-state index contributed by atoms with van der Waals surface area (Å²) in [7, 11) is 3.24. The Morgan fingerprint density at radius 2 is 1.87 bits per heavy atom. The Morgan fingerprint density at radius 1 is 1.22 bits per heavy atom. The number of aliphatic imine (C=N–C) groups is 1. The van der Waals surface area contributed by atoms with Crippen LogP contribution in [-0.4, -0.2) is 26.7 Å². The van der Waals surface area contributed by atoms with Crippen LogP contribution in [0, 0.1) is 11.3 Å². The highest BCUT2D eigenvalue weighted by Gasteiger charge is 2.19.